The number of nitro groups is 2. The molecule has 0 amide bonds. The van der Waals surface area contributed by atoms with E-state index < -0.39 is 16.2 Å². The van der Waals surface area contributed by atoms with Gasteiger partial charge in [0.15, 0.2) is 5.78 Å². The molecule has 0 spiro atoms. The number of ether oxygens (including phenoxy) is 2. The quantitative estimate of drug-likeness (QED) is 0.0809. The molecule has 1 saturated carbocycles. The molecule has 2 aliphatic carbocycles. The third-order valence-electron chi connectivity index (χ3n) is 7.28. The maximum absolute atomic E-state index is 11.2. The Kier molecular flexibility index (Phi) is 23.2. The Balaban J connectivity index is 0.000000716. The summed E-state index contributed by atoms with van der Waals surface area (Å²) in [5, 5.41) is 25.8. The molecule has 278 valence electrons. The minimum Gasteiger partial charge on any atom is -0.495 e. The van der Waals surface area contributed by atoms with Gasteiger partial charge in [-0.1, -0.05) is 7.43 Å². The molecule has 0 bridgehead atoms. The summed E-state index contributed by atoms with van der Waals surface area (Å²) in [6.45, 7) is 3.64. The number of carbonyl (C=O) groups is 1. The van der Waals surface area contributed by atoms with Crippen molar-refractivity contribution in [3.63, 3.8) is 0 Å². The predicted molar refractivity (Wildman–Crippen MR) is 215 cm³/mol. The van der Waals surface area contributed by atoms with Crippen LogP contribution in [-0.4, -0.2) is 88.2 Å². The maximum Gasteiger partial charge on any atom is 0.271 e. The van der Waals surface area contributed by atoms with E-state index in [1.54, 1.807) is 17.9 Å². The van der Waals surface area contributed by atoms with Crippen molar-refractivity contribution in [2.24, 2.45) is 5.84 Å². The first kappa shape index (κ1) is 47.8. The number of carbonyl (C=O) groups excluding carboxylic acids is 1. The molecule has 6 radical (unpaired) electrons. The number of methoxy groups -OCH3 is 2. The number of nitrogens with one attached hydrogen (secondary N) is 1. The number of anilines is 1. The summed E-state index contributed by atoms with van der Waals surface area (Å²) in [6, 6.07) is 8.67. The molecule has 5 rings (SSSR count). The number of rotatable bonds is 7. The highest BCUT2D eigenvalue weighted by atomic mass is 16.6. The van der Waals surface area contributed by atoms with E-state index in [0.717, 1.165) is 49.8 Å². The molecule has 14 nitrogen and oxygen atoms in total. The van der Waals surface area contributed by atoms with E-state index in [-0.39, 0.29) is 18.8 Å². The fourth-order valence-electron chi connectivity index (χ4n) is 4.84. The van der Waals surface area contributed by atoms with Gasteiger partial charge in [0.1, 0.15) is 17.2 Å². The van der Waals surface area contributed by atoms with Gasteiger partial charge in [0.25, 0.3) is 11.4 Å². The Morgan fingerprint density at radius 2 is 1.42 bits per heavy atom. The van der Waals surface area contributed by atoms with Crippen LogP contribution in [0.15, 0.2) is 54.4 Å². The van der Waals surface area contributed by atoms with Crippen molar-refractivity contribution in [2.45, 2.75) is 72.6 Å². The molecule has 3 aromatic rings. The molecule has 0 aliphatic heterocycles. The Morgan fingerprint density at radius 3 is 1.89 bits per heavy atom. The maximum atomic E-state index is 11.2. The Labute approximate surface area is 317 Å². The molecular weight excluding hydrogens is 674 g/mol. The van der Waals surface area contributed by atoms with Gasteiger partial charge in [-0.15, -0.1) is 11.8 Å². The number of benzene rings is 2. The number of hydrogen-bond donors (Lipinski definition) is 2. The van der Waals surface area contributed by atoms with E-state index in [0.29, 0.717) is 28.7 Å². The summed E-state index contributed by atoms with van der Waals surface area (Å²) < 4.78 is 11.9. The number of aryl methyl sites for hydroxylation is 2. The van der Waals surface area contributed by atoms with Crippen LogP contribution in [0.3, 0.4) is 0 Å². The average molecular weight is 723 g/mol. The predicted octanol–water partition coefficient (Wildman–Crippen LogP) is 5.27. The number of nitrogen functional groups attached to an aromatic ring is 1. The minimum absolute atomic E-state index is 0. The van der Waals surface area contributed by atoms with Crippen LogP contribution in [0, 0.1) is 32.1 Å². The number of non-ortho nitro benzene ring substituents is 2. The van der Waals surface area contributed by atoms with E-state index in [1.165, 1.54) is 55.8 Å². The average Bonchev–Trinajstić information content (AvgIpc) is 3.56. The number of nitrogens with two attached hydrogens (primary N) is 1. The van der Waals surface area contributed by atoms with Crippen LogP contribution >= 0.6 is 0 Å². The van der Waals surface area contributed by atoms with E-state index in [2.05, 4.69) is 45.6 Å². The van der Waals surface area contributed by atoms with Gasteiger partial charge < -0.3 is 19.8 Å². The number of allylic oxidation sites excluding steroid dienone is 1. The van der Waals surface area contributed by atoms with Crippen LogP contribution in [-0.2, 0) is 17.6 Å². The Bertz CT molecular complexity index is 1680. The molecule has 2 aromatic carbocycles. The molecule has 2 aliphatic rings. The number of nitro benzene ring substituents is 2. The summed E-state index contributed by atoms with van der Waals surface area (Å²) in [5.74, 6) is 11.9. The molecule has 1 heterocycles. The van der Waals surface area contributed by atoms with Gasteiger partial charge in [0.2, 0.25) is 0 Å². The standard InChI is InChI=1S/C14H15N3O3.C9H15NO.C7H9N3O3.C4H6.CH4.B4/c1-20-14-7-6-11(17(18)19)8-13(14)16-9-10-4-2-3-5-12(10)15-16;1-10(2)7-8-5-3-4-6-9(8)11;1-13-7-3-2-5(10(11)12)4-6(7)9-8;1-3-4-2;;1-4(2)3/h6-9H,2-5H2,1H3;7H,3-6H2,1-2H3;2-4,9H,8H2,1H3;1-2H3;1H4;/b;8-7+;;;;. The van der Waals surface area contributed by atoms with Gasteiger partial charge in [-0.25, -0.2) is 4.68 Å². The van der Waals surface area contributed by atoms with Crippen molar-refractivity contribution in [3.8, 4) is 29.0 Å². The molecule has 1 fully saturated rings. The lowest BCUT2D eigenvalue weighted by molar-refractivity contribution is -0.385. The topological polar surface area (TPSA) is 181 Å². The zero-order valence-electron chi connectivity index (χ0n) is 30.8. The van der Waals surface area contributed by atoms with Crippen LogP contribution in [0.2, 0.25) is 0 Å². The highest BCUT2D eigenvalue weighted by molar-refractivity contribution is 7.49. The van der Waals surface area contributed by atoms with Gasteiger partial charge in [0.05, 0.1) is 35.4 Å². The van der Waals surface area contributed by atoms with Crippen molar-refractivity contribution in [2.75, 3.05) is 33.7 Å². The van der Waals surface area contributed by atoms with Crippen LogP contribution in [0.5, 0.6) is 11.5 Å². The second kappa shape index (κ2) is 25.7. The number of fused-ring (bicyclic) bond motifs is 1. The zero-order chi connectivity index (χ0) is 39.2. The van der Waals surface area contributed by atoms with Crippen molar-refractivity contribution < 1.29 is 24.1 Å². The molecule has 53 heavy (non-hydrogen) atoms. The Morgan fingerprint density at radius 1 is 0.906 bits per heavy atom. The third-order valence-corrected chi connectivity index (χ3v) is 7.28. The summed E-state index contributed by atoms with van der Waals surface area (Å²) >= 11 is 0. The first-order valence-electron chi connectivity index (χ1n) is 16.4. The minimum atomic E-state index is -0.667. The van der Waals surface area contributed by atoms with Crippen LogP contribution < -0.4 is 20.7 Å². The molecular formula is C35H49B4N7O7. The fourth-order valence-corrected chi connectivity index (χ4v) is 4.84. The number of ketones is 1. The largest absolute Gasteiger partial charge is 0.495 e. The van der Waals surface area contributed by atoms with Crippen LogP contribution in [0.4, 0.5) is 17.1 Å². The van der Waals surface area contributed by atoms with Crippen molar-refractivity contribution in [1.82, 2.24) is 14.7 Å². The molecule has 3 N–H and O–H groups in total. The van der Waals surface area contributed by atoms with Gasteiger partial charge in [-0.3, -0.25) is 30.9 Å². The summed E-state index contributed by atoms with van der Waals surface area (Å²) in [7, 11) is 20.9. The first-order chi connectivity index (χ1) is 24.7. The van der Waals surface area contributed by atoms with Gasteiger partial charge >= 0.3 is 0 Å². The van der Waals surface area contributed by atoms with E-state index in [1.807, 2.05) is 45.2 Å². The van der Waals surface area contributed by atoms with Crippen molar-refractivity contribution in [3.05, 3.63) is 85.9 Å². The third kappa shape index (κ3) is 17.3. The number of hydrogen-bond acceptors (Lipinski definition) is 11. The number of nitrogens with zero attached hydrogens (tertiary/aromatic N) is 5. The highest BCUT2D eigenvalue weighted by Gasteiger charge is 2.18. The SMILES string of the molecule is C.CC#CC.CN(C)/C=C1\CCCCC1=O.COc1ccc([N+](=O)[O-])cc1-n1cc2c(n1)CCCC2.COc1ccc([N+](=O)[O-])cc1NN.[B]B([B])[B]. The summed E-state index contributed by atoms with van der Waals surface area (Å²) in [5.41, 5.74) is 6.62. The van der Waals surface area contributed by atoms with E-state index >= 15 is 0 Å². The highest BCUT2D eigenvalue weighted by Crippen LogP contribution is 2.30. The van der Waals surface area contributed by atoms with E-state index in [4.69, 9.17) is 15.3 Å². The van der Waals surface area contributed by atoms with Crippen molar-refractivity contribution >= 4 is 52.4 Å². The molecule has 0 saturated heterocycles. The second-order valence-electron chi connectivity index (χ2n) is 11.5. The molecule has 0 unspecified atom stereocenters. The van der Waals surface area contributed by atoms with Crippen LogP contribution in [0.25, 0.3) is 5.69 Å². The number of aromatic nitrogens is 2. The second-order valence-corrected chi connectivity index (χ2v) is 11.5. The van der Waals surface area contributed by atoms with E-state index in [9.17, 15) is 25.0 Å². The van der Waals surface area contributed by atoms with Crippen LogP contribution in [0.1, 0.15) is 71.1 Å². The van der Waals surface area contributed by atoms with Crippen molar-refractivity contribution in [1.29, 1.82) is 0 Å². The van der Waals surface area contributed by atoms with Gasteiger partial charge in [-0.05, 0) is 76.5 Å². The molecule has 1 aromatic heterocycles. The number of hydrazine groups is 1. The smallest absolute Gasteiger partial charge is 0.271 e. The zero-order valence-corrected chi connectivity index (χ0v) is 30.8. The normalized spacial score (nSPS) is 12.9. The first-order valence-corrected chi connectivity index (χ1v) is 16.4. The lowest BCUT2D eigenvalue weighted by atomic mass is 9.08. The molecule has 18 heteroatoms. The summed E-state index contributed by atoms with van der Waals surface area (Å²) in [6.07, 6.45) is 11.5. The lowest BCUT2D eigenvalue weighted by Gasteiger charge is -2.14. The monoisotopic (exact) mass is 723 g/mol. The fraction of sp³-hybridized carbons (Fsp3) is 0.429. The van der Waals surface area contributed by atoms with Gasteiger partial charge in [0, 0.05) is 92.3 Å². The lowest BCUT2D eigenvalue weighted by Crippen LogP contribution is -2.12. The molecule has 0 atom stereocenters. The number of Topliss-reactive ketones (excluding diaryl/α,β-unsaturated/α-hetero) is 1. The van der Waals surface area contributed by atoms with Gasteiger partial charge in [-0.2, -0.15) is 5.10 Å². The Hall–Kier alpha value is -5.16. The summed E-state index contributed by atoms with van der Waals surface area (Å²) in [4.78, 5) is 33.5.